The van der Waals surface area contributed by atoms with Crippen molar-refractivity contribution in [2.24, 2.45) is 23.2 Å². The molecule has 41 heavy (non-hydrogen) atoms. The van der Waals surface area contributed by atoms with Crippen LogP contribution in [-0.4, -0.2) is 47.8 Å². The summed E-state index contributed by atoms with van der Waals surface area (Å²) in [7, 11) is 1.40. The van der Waals surface area contributed by atoms with Gasteiger partial charge >= 0.3 is 5.76 Å². The first-order valence-corrected chi connectivity index (χ1v) is 14.9. The minimum atomic E-state index is -0.611. The van der Waals surface area contributed by atoms with E-state index in [1.54, 1.807) is 0 Å². The summed E-state index contributed by atoms with van der Waals surface area (Å²) < 4.78 is 31.5. The lowest BCUT2D eigenvalue weighted by atomic mass is 9.70. The Kier molecular flexibility index (Phi) is 7.54. The van der Waals surface area contributed by atoms with Crippen LogP contribution in [0.15, 0.2) is 21.3 Å². The molecule has 4 atom stereocenters. The average molecular weight is 571 g/mol. The second-order valence-corrected chi connectivity index (χ2v) is 12.8. The van der Waals surface area contributed by atoms with E-state index in [1.165, 1.54) is 25.7 Å². The van der Waals surface area contributed by atoms with Gasteiger partial charge in [0.1, 0.15) is 5.75 Å². The minimum Gasteiger partial charge on any atom is -0.496 e. The maximum absolute atomic E-state index is 15.0. The number of rotatable bonds is 9. The van der Waals surface area contributed by atoms with Gasteiger partial charge in [-0.15, -0.1) is 5.10 Å². The van der Waals surface area contributed by atoms with E-state index >= 15 is 4.39 Å². The van der Waals surface area contributed by atoms with E-state index in [2.05, 4.69) is 27.8 Å². The van der Waals surface area contributed by atoms with E-state index in [0.29, 0.717) is 38.1 Å². The zero-order valence-corrected chi connectivity index (χ0v) is 23.7. The molecular formula is C30H39FN4O6. The highest BCUT2D eigenvalue weighted by molar-refractivity contribution is 5.98. The zero-order valence-electron chi connectivity index (χ0n) is 23.7. The zero-order chi connectivity index (χ0) is 28.7. The second-order valence-electron chi connectivity index (χ2n) is 12.8. The van der Waals surface area contributed by atoms with Crippen LogP contribution in [0.25, 0.3) is 0 Å². The van der Waals surface area contributed by atoms with Crippen molar-refractivity contribution in [3.05, 3.63) is 40.0 Å². The molecule has 2 bridgehead atoms. The van der Waals surface area contributed by atoms with Crippen molar-refractivity contribution in [2.75, 3.05) is 13.7 Å². The van der Waals surface area contributed by atoms with Gasteiger partial charge in [-0.25, -0.2) is 14.3 Å². The minimum absolute atomic E-state index is 0.000628. The third-order valence-corrected chi connectivity index (χ3v) is 10.0. The number of hydrogen-bond donors (Lipinski definition) is 3. The Balaban J connectivity index is 1.13. The lowest BCUT2D eigenvalue weighted by Crippen LogP contribution is -2.51. The monoisotopic (exact) mass is 570 g/mol. The highest BCUT2D eigenvalue weighted by Crippen LogP contribution is 2.49. The molecule has 2 aromatic rings. The molecule has 1 aromatic heterocycles. The highest BCUT2D eigenvalue weighted by Gasteiger charge is 2.51. The van der Waals surface area contributed by atoms with Crippen LogP contribution >= 0.6 is 0 Å². The number of aromatic nitrogens is 2. The molecule has 4 unspecified atom stereocenters. The number of ether oxygens (including phenoxy) is 2. The molecule has 6 rings (SSSR count). The normalized spacial score (nSPS) is 29.9. The van der Waals surface area contributed by atoms with E-state index in [-0.39, 0.29) is 64.2 Å². The molecule has 0 aliphatic heterocycles. The van der Waals surface area contributed by atoms with Gasteiger partial charge in [-0.1, -0.05) is 13.3 Å². The standard InChI is InChI=1S/C30H39FN4O6/c1-30(10-3-11-30)15-32-27(37)24-17-4-5-18(12-17)25(24)33-26(36)20-13-23(21(31)14-22(20)39-2)40-19-8-6-16(7-9-19)28-34-35-29(38)41-28/h13-14,16-19,24-25H,3-12,15H2,1-2H3,(H,32,37)(H,33,36)(H,35,38). The number of benzene rings is 1. The number of nitrogens with one attached hydrogen (secondary N) is 3. The summed E-state index contributed by atoms with van der Waals surface area (Å²) in [6, 6.07) is 2.31. The molecule has 4 aliphatic rings. The smallest absolute Gasteiger partial charge is 0.434 e. The highest BCUT2D eigenvalue weighted by atomic mass is 19.1. The van der Waals surface area contributed by atoms with E-state index in [0.717, 1.165) is 32.1 Å². The summed E-state index contributed by atoms with van der Waals surface area (Å²) in [6.07, 6.45) is 8.71. The fourth-order valence-electron chi connectivity index (χ4n) is 7.48. The number of nitrogens with zero attached hydrogens (tertiary/aromatic N) is 1. The number of hydrogen-bond acceptors (Lipinski definition) is 7. The SMILES string of the molecule is COc1cc(F)c(OC2CCC(c3n[nH]c(=O)o3)CC2)cc1C(=O)NC1C2CCC(C2)C1C(=O)NCC1(C)CCC1. The molecule has 4 fully saturated rings. The maximum Gasteiger partial charge on any atom is 0.434 e. The van der Waals surface area contributed by atoms with Crippen molar-refractivity contribution >= 4 is 11.8 Å². The number of halogens is 1. The van der Waals surface area contributed by atoms with E-state index in [9.17, 15) is 14.4 Å². The number of aromatic amines is 1. The Morgan fingerprint density at radius 1 is 1.12 bits per heavy atom. The molecule has 0 radical (unpaired) electrons. The largest absolute Gasteiger partial charge is 0.496 e. The number of fused-ring (bicyclic) bond motifs is 2. The molecule has 2 amide bonds. The summed E-state index contributed by atoms with van der Waals surface area (Å²) >= 11 is 0. The predicted octanol–water partition coefficient (Wildman–Crippen LogP) is 4.07. The lowest BCUT2D eigenvalue weighted by molar-refractivity contribution is -0.128. The van der Waals surface area contributed by atoms with Crippen molar-refractivity contribution < 1.29 is 27.9 Å². The number of carbonyl (C=O) groups is 2. The van der Waals surface area contributed by atoms with Crippen molar-refractivity contribution in [3.63, 3.8) is 0 Å². The van der Waals surface area contributed by atoms with Crippen LogP contribution < -0.4 is 25.9 Å². The van der Waals surface area contributed by atoms with Gasteiger partial charge in [0.05, 0.1) is 24.7 Å². The van der Waals surface area contributed by atoms with Crippen LogP contribution in [0, 0.1) is 29.0 Å². The van der Waals surface area contributed by atoms with Crippen LogP contribution in [0.4, 0.5) is 4.39 Å². The summed E-state index contributed by atoms with van der Waals surface area (Å²) in [6.45, 7) is 2.88. The Labute approximate surface area is 238 Å². The molecule has 1 aromatic carbocycles. The first-order chi connectivity index (χ1) is 19.7. The third kappa shape index (κ3) is 5.59. The van der Waals surface area contributed by atoms with Gasteiger partial charge in [-0.3, -0.25) is 9.59 Å². The van der Waals surface area contributed by atoms with Gasteiger partial charge in [0.15, 0.2) is 11.6 Å². The first-order valence-electron chi connectivity index (χ1n) is 14.9. The molecule has 10 nitrogen and oxygen atoms in total. The molecule has 3 N–H and O–H groups in total. The molecule has 4 aliphatic carbocycles. The Hall–Kier alpha value is -3.37. The van der Waals surface area contributed by atoms with E-state index in [1.807, 2.05) is 0 Å². The van der Waals surface area contributed by atoms with E-state index in [4.69, 9.17) is 13.9 Å². The average Bonchev–Trinajstić information content (AvgIpc) is 3.68. The number of carbonyl (C=O) groups excluding carboxylic acids is 2. The van der Waals surface area contributed by atoms with Gasteiger partial charge < -0.3 is 24.5 Å². The molecule has 4 saturated carbocycles. The van der Waals surface area contributed by atoms with Crippen molar-refractivity contribution in [1.29, 1.82) is 0 Å². The van der Waals surface area contributed by atoms with Gasteiger partial charge in [0.25, 0.3) is 5.91 Å². The van der Waals surface area contributed by atoms with Crippen LogP contribution in [0.3, 0.4) is 0 Å². The van der Waals surface area contributed by atoms with Gasteiger partial charge in [0.2, 0.25) is 11.8 Å². The fourth-order valence-corrected chi connectivity index (χ4v) is 7.48. The molecule has 222 valence electrons. The summed E-state index contributed by atoms with van der Waals surface area (Å²) in [5, 5.41) is 12.5. The summed E-state index contributed by atoms with van der Waals surface area (Å²) in [5.41, 5.74) is 0.359. The number of amides is 2. The summed E-state index contributed by atoms with van der Waals surface area (Å²) in [5.74, 6) is -0.835. The molecule has 11 heteroatoms. The van der Waals surface area contributed by atoms with Crippen molar-refractivity contribution in [3.8, 4) is 11.5 Å². The number of H-pyrrole nitrogens is 1. The van der Waals surface area contributed by atoms with Crippen LogP contribution in [0.2, 0.25) is 0 Å². The second kappa shape index (κ2) is 11.1. The van der Waals surface area contributed by atoms with Crippen LogP contribution in [0.1, 0.15) is 93.3 Å². The first kappa shape index (κ1) is 27.8. The van der Waals surface area contributed by atoms with Crippen molar-refractivity contribution in [2.45, 2.75) is 89.2 Å². The van der Waals surface area contributed by atoms with Gasteiger partial charge in [-0.05, 0) is 81.1 Å². The maximum atomic E-state index is 15.0. The fraction of sp³-hybridized carbons (Fsp3) is 0.667. The predicted molar refractivity (Wildman–Crippen MR) is 146 cm³/mol. The topological polar surface area (TPSA) is 136 Å². The lowest BCUT2D eigenvalue weighted by Gasteiger charge is -2.39. The summed E-state index contributed by atoms with van der Waals surface area (Å²) in [4.78, 5) is 38.2. The third-order valence-electron chi connectivity index (χ3n) is 10.0. The quantitative estimate of drug-likeness (QED) is 0.414. The molecular weight excluding hydrogens is 531 g/mol. The Morgan fingerprint density at radius 2 is 1.88 bits per heavy atom. The Bertz CT molecular complexity index is 1340. The van der Waals surface area contributed by atoms with Crippen molar-refractivity contribution in [1.82, 2.24) is 20.8 Å². The van der Waals surface area contributed by atoms with Gasteiger partial charge in [-0.2, -0.15) is 0 Å². The van der Waals surface area contributed by atoms with Gasteiger partial charge in [0, 0.05) is 24.6 Å². The number of methoxy groups -OCH3 is 1. The van der Waals surface area contributed by atoms with E-state index < -0.39 is 17.5 Å². The van der Waals surface area contributed by atoms with Crippen LogP contribution in [0.5, 0.6) is 11.5 Å². The molecule has 0 spiro atoms. The Morgan fingerprint density at radius 3 is 2.54 bits per heavy atom. The van der Waals surface area contributed by atoms with Crippen LogP contribution in [-0.2, 0) is 4.79 Å². The molecule has 1 heterocycles. The molecule has 0 saturated heterocycles.